The minimum absolute atomic E-state index is 0.0904. The van der Waals surface area contributed by atoms with Crippen LogP contribution in [0.25, 0.3) is 0 Å². The van der Waals surface area contributed by atoms with Crippen LogP contribution in [0.1, 0.15) is 37.6 Å². The molecule has 1 aliphatic heterocycles. The number of hydrogen-bond acceptors (Lipinski definition) is 5. The van der Waals surface area contributed by atoms with Crippen molar-refractivity contribution >= 4 is 33.2 Å². The van der Waals surface area contributed by atoms with Crippen LogP contribution >= 0.6 is 11.3 Å². The van der Waals surface area contributed by atoms with Gasteiger partial charge in [-0.3, -0.25) is 9.59 Å². The maximum absolute atomic E-state index is 13.3. The Labute approximate surface area is 200 Å². The zero-order valence-electron chi connectivity index (χ0n) is 19.7. The molecule has 0 spiro atoms. The van der Waals surface area contributed by atoms with Crippen LogP contribution in [-0.2, 0) is 26.0 Å². The fourth-order valence-corrected chi connectivity index (χ4v) is 6.11. The molecule has 2 heterocycles. The van der Waals surface area contributed by atoms with E-state index in [1.807, 2.05) is 24.4 Å². The molecule has 3 rings (SSSR count). The Bertz CT molecular complexity index is 1070. The lowest BCUT2D eigenvalue weighted by Crippen LogP contribution is -2.70. The van der Waals surface area contributed by atoms with Gasteiger partial charge < -0.3 is 10.2 Å². The van der Waals surface area contributed by atoms with Gasteiger partial charge in [0.1, 0.15) is 5.54 Å². The molecule has 33 heavy (non-hydrogen) atoms. The van der Waals surface area contributed by atoms with Crippen molar-refractivity contribution in [3.05, 3.63) is 52.2 Å². The quantitative estimate of drug-likeness (QED) is 0.584. The molecular formula is C24H33N3O4S2. The molecule has 180 valence electrons. The minimum Gasteiger partial charge on any atom is -0.354 e. The average Bonchev–Trinajstić information content (AvgIpc) is 3.26. The molecule has 1 aromatic carbocycles. The number of nitrogens with one attached hydrogen (secondary N) is 1. The molecule has 0 saturated carbocycles. The molecule has 1 aromatic heterocycles. The summed E-state index contributed by atoms with van der Waals surface area (Å²) in [7, 11) is -3.92. The second-order valence-corrected chi connectivity index (χ2v) is 12.1. The fraction of sp³-hybridized carbons (Fsp3) is 0.500. The summed E-state index contributed by atoms with van der Waals surface area (Å²) in [4.78, 5) is 29.4. The Morgan fingerprint density at radius 2 is 1.91 bits per heavy atom. The number of piperazine rings is 1. The number of amides is 2. The minimum atomic E-state index is -3.92. The first kappa shape index (κ1) is 25.4. The monoisotopic (exact) mass is 491 g/mol. The van der Waals surface area contributed by atoms with Gasteiger partial charge in [0, 0.05) is 24.5 Å². The topological polar surface area (TPSA) is 86.8 Å². The summed E-state index contributed by atoms with van der Waals surface area (Å²) in [6.07, 6.45) is 1.42. The van der Waals surface area contributed by atoms with Gasteiger partial charge in [0.15, 0.2) is 0 Å². The zero-order valence-corrected chi connectivity index (χ0v) is 21.3. The van der Waals surface area contributed by atoms with E-state index in [9.17, 15) is 18.0 Å². The molecule has 1 saturated heterocycles. The van der Waals surface area contributed by atoms with Crippen molar-refractivity contribution in [3.63, 3.8) is 0 Å². The van der Waals surface area contributed by atoms with E-state index in [4.69, 9.17) is 0 Å². The normalized spacial score (nSPS) is 19.8. The molecule has 0 unspecified atom stereocenters. The number of sulfonamides is 1. The number of aryl methyl sites for hydroxylation is 1. The highest BCUT2D eigenvalue weighted by Gasteiger charge is 2.50. The molecule has 0 aliphatic carbocycles. The lowest BCUT2D eigenvalue weighted by molar-refractivity contribution is -0.152. The van der Waals surface area contributed by atoms with Gasteiger partial charge >= 0.3 is 0 Å². The Morgan fingerprint density at radius 1 is 1.21 bits per heavy atom. The van der Waals surface area contributed by atoms with E-state index in [1.54, 1.807) is 47.4 Å². The van der Waals surface area contributed by atoms with Crippen LogP contribution < -0.4 is 5.32 Å². The van der Waals surface area contributed by atoms with Gasteiger partial charge in [-0.05, 0) is 56.2 Å². The highest BCUT2D eigenvalue weighted by molar-refractivity contribution is 7.89. The molecular weight excluding hydrogens is 458 g/mol. The van der Waals surface area contributed by atoms with Crippen LogP contribution in [0, 0.1) is 12.8 Å². The largest absolute Gasteiger partial charge is 0.354 e. The van der Waals surface area contributed by atoms with E-state index in [0.29, 0.717) is 25.4 Å². The Kier molecular flexibility index (Phi) is 7.97. The van der Waals surface area contributed by atoms with Gasteiger partial charge in [-0.1, -0.05) is 37.6 Å². The number of benzene rings is 1. The van der Waals surface area contributed by atoms with Gasteiger partial charge in [0.25, 0.3) is 0 Å². The highest BCUT2D eigenvalue weighted by atomic mass is 32.2. The molecule has 0 radical (unpaired) electrons. The molecule has 1 atom stereocenters. The van der Waals surface area contributed by atoms with E-state index < -0.39 is 15.6 Å². The smallest absolute Gasteiger partial charge is 0.247 e. The fourth-order valence-electron chi connectivity index (χ4n) is 3.93. The van der Waals surface area contributed by atoms with Crippen LogP contribution in [0.5, 0.6) is 0 Å². The Balaban J connectivity index is 1.88. The van der Waals surface area contributed by atoms with E-state index in [0.717, 1.165) is 21.2 Å². The molecule has 7 nitrogen and oxygen atoms in total. The van der Waals surface area contributed by atoms with Crippen molar-refractivity contribution in [1.82, 2.24) is 14.5 Å². The Hall–Kier alpha value is -2.23. The van der Waals surface area contributed by atoms with Crippen molar-refractivity contribution in [2.45, 2.75) is 51.0 Å². The van der Waals surface area contributed by atoms with E-state index in [2.05, 4.69) is 19.2 Å². The number of carbonyl (C=O) groups excluding carboxylic acids is 2. The third-order valence-corrected chi connectivity index (χ3v) is 8.75. The van der Waals surface area contributed by atoms with Crippen LogP contribution in [0.2, 0.25) is 0 Å². The van der Waals surface area contributed by atoms with Crippen molar-refractivity contribution < 1.29 is 18.0 Å². The van der Waals surface area contributed by atoms with Gasteiger partial charge in [0.05, 0.1) is 11.4 Å². The first-order valence-electron chi connectivity index (χ1n) is 11.2. The molecule has 9 heteroatoms. The van der Waals surface area contributed by atoms with E-state index in [-0.39, 0.29) is 29.8 Å². The predicted octanol–water partition coefficient (Wildman–Crippen LogP) is 3.05. The number of nitrogens with zero attached hydrogens (tertiary/aromatic N) is 2. The number of carbonyl (C=O) groups is 2. The number of thiophene rings is 1. The Morgan fingerprint density at radius 3 is 2.52 bits per heavy atom. The average molecular weight is 492 g/mol. The summed E-state index contributed by atoms with van der Waals surface area (Å²) in [5.41, 5.74) is -0.362. The van der Waals surface area contributed by atoms with Crippen LogP contribution in [-0.4, -0.2) is 61.2 Å². The summed E-state index contributed by atoms with van der Waals surface area (Å²) >= 11 is 1.60. The first-order valence-corrected chi connectivity index (χ1v) is 13.5. The van der Waals surface area contributed by atoms with Crippen molar-refractivity contribution in [2.24, 2.45) is 5.92 Å². The van der Waals surface area contributed by atoms with Gasteiger partial charge in [-0.2, -0.15) is 4.31 Å². The summed E-state index contributed by atoms with van der Waals surface area (Å²) in [6.45, 7) is 8.15. The molecule has 2 aromatic rings. The van der Waals surface area contributed by atoms with Crippen LogP contribution in [0.15, 0.2) is 46.7 Å². The second kappa shape index (κ2) is 10.4. The standard InChI is InChI=1S/C24H33N3O4S2/c1-18(2)11-13-25-23(29)24(4)17-26(33(30,31)21-9-7-19(3)8-10-21)16-22(28)27(24)14-12-20-6-5-15-32-20/h5-10,15,18H,11-14,16-17H2,1-4H3,(H,25,29)/t24-/m1/s1. The summed E-state index contributed by atoms with van der Waals surface area (Å²) < 4.78 is 27.8. The third kappa shape index (κ3) is 5.83. The van der Waals surface area contributed by atoms with E-state index >= 15 is 0 Å². The van der Waals surface area contributed by atoms with Gasteiger partial charge in [-0.25, -0.2) is 8.42 Å². The predicted molar refractivity (Wildman–Crippen MR) is 131 cm³/mol. The van der Waals surface area contributed by atoms with Crippen LogP contribution in [0.4, 0.5) is 0 Å². The van der Waals surface area contributed by atoms with Crippen molar-refractivity contribution in [3.8, 4) is 0 Å². The molecule has 1 N–H and O–H groups in total. The maximum Gasteiger partial charge on any atom is 0.247 e. The lowest BCUT2D eigenvalue weighted by atomic mass is 9.95. The summed E-state index contributed by atoms with van der Waals surface area (Å²) in [5, 5.41) is 4.91. The van der Waals surface area contributed by atoms with E-state index in [1.165, 1.54) is 0 Å². The first-order chi connectivity index (χ1) is 15.5. The van der Waals surface area contributed by atoms with Crippen LogP contribution in [0.3, 0.4) is 0 Å². The van der Waals surface area contributed by atoms with Gasteiger partial charge in [0.2, 0.25) is 21.8 Å². The lowest BCUT2D eigenvalue weighted by Gasteiger charge is -2.46. The summed E-state index contributed by atoms with van der Waals surface area (Å²) in [6, 6.07) is 10.5. The number of hydrogen-bond donors (Lipinski definition) is 1. The third-order valence-electron chi connectivity index (χ3n) is 6.01. The molecule has 1 fully saturated rings. The highest BCUT2D eigenvalue weighted by Crippen LogP contribution is 2.28. The van der Waals surface area contributed by atoms with Crippen molar-refractivity contribution in [2.75, 3.05) is 26.2 Å². The van der Waals surface area contributed by atoms with Crippen molar-refractivity contribution in [1.29, 1.82) is 0 Å². The second-order valence-electron chi connectivity index (χ2n) is 9.17. The molecule has 2 amide bonds. The van der Waals surface area contributed by atoms with Gasteiger partial charge in [-0.15, -0.1) is 11.3 Å². The zero-order chi connectivity index (χ0) is 24.2. The summed E-state index contributed by atoms with van der Waals surface area (Å²) in [5.74, 6) is -0.277. The SMILES string of the molecule is Cc1ccc(S(=O)(=O)N2CC(=O)N(CCc3cccs3)[C@@](C)(C(=O)NCCC(C)C)C2)cc1. The maximum atomic E-state index is 13.3. The molecule has 1 aliphatic rings. The number of rotatable bonds is 9. The molecule has 0 bridgehead atoms.